The van der Waals surface area contributed by atoms with Crippen LogP contribution in [0.15, 0.2) is 47.5 Å². The molecule has 2 aromatic heterocycles. The summed E-state index contributed by atoms with van der Waals surface area (Å²) in [5.74, 6) is -0.0604. The quantitative estimate of drug-likeness (QED) is 0.717. The molecule has 2 heterocycles. The van der Waals surface area contributed by atoms with Crippen LogP contribution in [0.1, 0.15) is 19.4 Å². The first-order valence-electron chi connectivity index (χ1n) is 8.47. The highest BCUT2D eigenvalue weighted by atomic mass is 16.2. The number of carbonyl (C=O) groups excluding carboxylic acids is 1. The molecule has 0 aliphatic heterocycles. The number of hydrogen-bond donors (Lipinski definition) is 0. The lowest BCUT2D eigenvalue weighted by molar-refractivity contribution is -0.131. The minimum Gasteiger partial charge on any atom is -0.342 e. The first-order valence-corrected chi connectivity index (χ1v) is 8.47. The lowest BCUT2D eigenvalue weighted by Gasteiger charge is -2.19. The molecular formula is C19H22N4O2. The SMILES string of the molecule is CCN(CC)C(=O)Cn1ccn2nc(-c3ccc(C)cc3)cc2c1=O. The van der Waals surface area contributed by atoms with Crippen molar-refractivity contribution in [3.63, 3.8) is 0 Å². The molecule has 0 aliphatic rings. The number of carbonyl (C=O) groups is 1. The van der Waals surface area contributed by atoms with Gasteiger partial charge in [0.15, 0.2) is 0 Å². The van der Waals surface area contributed by atoms with E-state index < -0.39 is 0 Å². The Bertz CT molecular complexity index is 950. The fourth-order valence-corrected chi connectivity index (χ4v) is 2.84. The first-order chi connectivity index (χ1) is 12.0. The van der Waals surface area contributed by atoms with E-state index in [1.54, 1.807) is 27.9 Å². The van der Waals surface area contributed by atoms with Gasteiger partial charge in [0.1, 0.15) is 12.1 Å². The van der Waals surface area contributed by atoms with Crippen molar-refractivity contribution in [2.45, 2.75) is 27.3 Å². The van der Waals surface area contributed by atoms with Crippen LogP contribution in [0.25, 0.3) is 16.8 Å². The summed E-state index contributed by atoms with van der Waals surface area (Å²) in [5.41, 5.74) is 3.12. The zero-order valence-corrected chi connectivity index (χ0v) is 14.8. The molecule has 0 spiro atoms. The second-order valence-corrected chi connectivity index (χ2v) is 6.02. The van der Waals surface area contributed by atoms with Gasteiger partial charge in [-0.25, -0.2) is 4.52 Å². The zero-order chi connectivity index (χ0) is 18.0. The van der Waals surface area contributed by atoms with Crippen molar-refractivity contribution in [2.75, 3.05) is 13.1 Å². The van der Waals surface area contributed by atoms with E-state index in [-0.39, 0.29) is 18.0 Å². The summed E-state index contributed by atoms with van der Waals surface area (Å²) >= 11 is 0. The third kappa shape index (κ3) is 3.33. The summed E-state index contributed by atoms with van der Waals surface area (Å²) in [6.45, 7) is 7.20. The normalized spacial score (nSPS) is 11.0. The van der Waals surface area contributed by atoms with E-state index in [2.05, 4.69) is 5.10 Å². The van der Waals surface area contributed by atoms with Crippen LogP contribution < -0.4 is 5.56 Å². The monoisotopic (exact) mass is 338 g/mol. The van der Waals surface area contributed by atoms with Gasteiger partial charge >= 0.3 is 0 Å². The number of nitrogens with zero attached hydrogens (tertiary/aromatic N) is 4. The third-order valence-electron chi connectivity index (χ3n) is 4.37. The van der Waals surface area contributed by atoms with E-state index in [9.17, 15) is 9.59 Å². The Morgan fingerprint density at radius 3 is 2.44 bits per heavy atom. The minimum atomic E-state index is -0.214. The Morgan fingerprint density at radius 2 is 1.80 bits per heavy atom. The zero-order valence-electron chi connectivity index (χ0n) is 14.8. The van der Waals surface area contributed by atoms with Gasteiger partial charge in [-0.3, -0.25) is 9.59 Å². The molecule has 0 bridgehead atoms. The van der Waals surface area contributed by atoms with Gasteiger partial charge in [-0.2, -0.15) is 5.10 Å². The van der Waals surface area contributed by atoms with Gasteiger partial charge in [-0.05, 0) is 26.8 Å². The van der Waals surface area contributed by atoms with E-state index >= 15 is 0 Å². The Morgan fingerprint density at radius 1 is 1.12 bits per heavy atom. The molecule has 0 aliphatic carbocycles. The van der Waals surface area contributed by atoms with Gasteiger partial charge in [0, 0.05) is 31.0 Å². The Kier molecular flexibility index (Phi) is 4.70. The molecule has 25 heavy (non-hydrogen) atoms. The Hall–Kier alpha value is -2.89. The van der Waals surface area contributed by atoms with E-state index in [0.717, 1.165) is 11.3 Å². The Balaban J connectivity index is 1.96. The van der Waals surface area contributed by atoms with Crippen molar-refractivity contribution in [1.29, 1.82) is 0 Å². The van der Waals surface area contributed by atoms with Crippen molar-refractivity contribution in [3.8, 4) is 11.3 Å². The largest absolute Gasteiger partial charge is 0.342 e. The smallest absolute Gasteiger partial charge is 0.277 e. The maximum atomic E-state index is 12.7. The molecule has 130 valence electrons. The highest BCUT2D eigenvalue weighted by Gasteiger charge is 2.14. The molecule has 1 aromatic carbocycles. The lowest BCUT2D eigenvalue weighted by Crippen LogP contribution is -2.36. The molecule has 0 saturated heterocycles. The van der Waals surface area contributed by atoms with Gasteiger partial charge < -0.3 is 9.47 Å². The highest BCUT2D eigenvalue weighted by Crippen LogP contribution is 2.18. The number of aromatic nitrogens is 3. The van der Waals surface area contributed by atoms with E-state index in [4.69, 9.17) is 0 Å². The van der Waals surface area contributed by atoms with Crippen LogP contribution in [-0.4, -0.2) is 38.1 Å². The predicted molar refractivity (Wildman–Crippen MR) is 97.6 cm³/mol. The van der Waals surface area contributed by atoms with Crippen LogP contribution in [0.2, 0.25) is 0 Å². The maximum Gasteiger partial charge on any atom is 0.277 e. The lowest BCUT2D eigenvalue weighted by atomic mass is 10.1. The number of amides is 1. The first kappa shape index (κ1) is 17.0. The van der Waals surface area contributed by atoms with Crippen LogP contribution >= 0.6 is 0 Å². The van der Waals surface area contributed by atoms with E-state index in [1.807, 2.05) is 45.0 Å². The molecule has 0 radical (unpaired) electrons. The highest BCUT2D eigenvalue weighted by molar-refractivity contribution is 5.76. The number of benzene rings is 1. The standard InChI is InChI=1S/C19H22N4O2/c1-4-21(5-2)18(24)13-22-10-11-23-17(19(22)25)12-16(20-23)15-8-6-14(3)7-9-15/h6-12H,4-5,13H2,1-3H3. The summed E-state index contributed by atoms with van der Waals surface area (Å²) in [6, 6.07) is 9.77. The van der Waals surface area contributed by atoms with Crippen LogP contribution in [0.5, 0.6) is 0 Å². The van der Waals surface area contributed by atoms with Crippen LogP contribution in [-0.2, 0) is 11.3 Å². The number of likely N-dealkylation sites (N-methyl/N-ethyl adjacent to an activating group) is 1. The second-order valence-electron chi connectivity index (χ2n) is 6.02. The summed E-state index contributed by atoms with van der Waals surface area (Å²) in [7, 11) is 0. The average Bonchev–Trinajstić information content (AvgIpc) is 3.04. The third-order valence-corrected chi connectivity index (χ3v) is 4.37. The van der Waals surface area contributed by atoms with Gasteiger partial charge in [0.05, 0.1) is 5.69 Å². The van der Waals surface area contributed by atoms with Gasteiger partial charge in [0.2, 0.25) is 5.91 Å². The number of aryl methyl sites for hydroxylation is 1. The molecule has 0 N–H and O–H groups in total. The molecule has 0 atom stereocenters. The summed E-state index contributed by atoms with van der Waals surface area (Å²) < 4.78 is 3.01. The van der Waals surface area contributed by atoms with E-state index in [0.29, 0.717) is 18.6 Å². The summed E-state index contributed by atoms with van der Waals surface area (Å²) in [6.07, 6.45) is 3.33. The minimum absolute atomic E-state index is 0.0437. The molecule has 6 heteroatoms. The molecule has 3 rings (SSSR count). The van der Waals surface area contributed by atoms with Gasteiger partial charge in [-0.1, -0.05) is 29.8 Å². The van der Waals surface area contributed by atoms with Crippen LogP contribution in [0, 0.1) is 6.92 Å². The van der Waals surface area contributed by atoms with Gasteiger partial charge in [-0.15, -0.1) is 0 Å². The number of rotatable bonds is 5. The second kappa shape index (κ2) is 6.93. The molecule has 0 unspecified atom stereocenters. The van der Waals surface area contributed by atoms with Crippen molar-refractivity contribution in [2.24, 2.45) is 0 Å². The number of hydrogen-bond acceptors (Lipinski definition) is 3. The van der Waals surface area contributed by atoms with Crippen molar-refractivity contribution < 1.29 is 4.79 Å². The maximum absolute atomic E-state index is 12.7. The molecular weight excluding hydrogens is 316 g/mol. The molecule has 0 fully saturated rings. The molecule has 3 aromatic rings. The van der Waals surface area contributed by atoms with Crippen LogP contribution in [0.4, 0.5) is 0 Å². The van der Waals surface area contributed by atoms with Crippen molar-refractivity contribution in [3.05, 3.63) is 58.6 Å². The predicted octanol–water partition coefficient (Wildman–Crippen LogP) is 2.34. The molecule has 0 saturated carbocycles. The fourth-order valence-electron chi connectivity index (χ4n) is 2.84. The molecule has 6 nitrogen and oxygen atoms in total. The Labute approximate surface area is 146 Å². The number of fused-ring (bicyclic) bond motifs is 1. The van der Waals surface area contributed by atoms with Gasteiger partial charge in [0.25, 0.3) is 5.56 Å². The van der Waals surface area contributed by atoms with Crippen molar-refractivity contribution in [1.82, 2.24) is 19.1 Å². The van der Waals surface area contributed by atoms with Crippen molar-refractivity contribution >= 4 is 11.4 Å². The molecule has 1 amide bonds. The summed E-state index contributed by atoms with van der Waals surface area (Å²) in [4.78, 5) is 26.7. The van der Waals surface area contributed by atoms with Crippen LogP contribution in [0.3, 0.4) is 0 Å². The summed E-state index contributed by atoms with van der Waals surface area (Å²) in [5, 5.41) is 4.47. The average molecular weight is 338 g/mol. The van der Waals surface area contributed by atoms with E-state index in [1.165, 1.54) is 10.1 Å². The fraction of sp³-hybridized carbons (Fsp3) is 0.316. The topological polar surface area (TPSA) is 59.6 Å².